The molecule has 0 fully saturated rings. The first-order valence-electron chi connectivity index (χ1n) is 9.32. The van der Waals surface area contributed by atoms with Gasteiger partial charge in [0.1, 0.15) is 11.3 Å². The smallest absolute Gasteiger partial charge is 0.308 e. The van der Waals surface area contributed by atoms with E-state index in [-0.39, 0.29) is 0 Å². The van der Waals surface area contributed by atoms with E-state index in [1.54, 1.807) is 24.3 Å². The third-order valence-electron chi connectivity index (χ3n) is 4.73. The zero-order valence-electron chi connectivity index (χ0n) is 16.4. The Bertz CT molecular complexity index is 1240. The number of amides is 2. The van der Waals surface area contributed by atoms with Crippen molar-refractivity contribution < 1.29 is 4.79 Å². The van der Waals surface area contributed by atoms with Crippen LogP contribution in [0, 0.1) is 13.8 Å². The van der Waals surface area contributed by atoms with Gasteiger partial charge in [0, 0.05) is 4.47 Å². The standard InChI is InChI=1S/C22H19BrClN5O/c1-13-19(28-22(30)27-18-6-4-3-5-17(18)24)11-20-21(25-13)29(14(2)26-20)12-15-7-9-16(23)10-8-15/h3-11H,12H2,1-2H3,(H2,27,28,30). The molecule has 0 radical (unpaired) electrons. The van der Waals surface area contributed by atoms with Crippen molar-refractivity contribution in [2.75, 3.05) is 10.6 Å². The number of aryl methyl sites for hydroxylation is 2. The molecule has 2 heterocycles. The summed E-state index contributed by atoms with van der Waals surface area (Å²) in [6, 6.07) is 16.7. The van der Waals surface area contributed by atoms with Crippen LogP contribution in [0.2, 0.25) is 5.02 Å². The SMILES string of the molecule is Cc1nc2c(cc1NC(=O)Nc1ccccc1Cl)nc(C)n2Cc1ccc(Br)cc1. The maximum atomic E-state index is 12.4. The van der Waals surface area contributed by atoms with Gasteiger partial charge >= 0.3 is 6.03 Å². The predicted molar refractivity (Wildman–Crippen MR) is 124 cm³/mol. The number of hydrogen-bond acceptors (Lipinski definition) is 3. The summed E-state index contributed by atoms with van der Waals surface area (Å²) in [6.07, 6.45) is 0. The number of halogens is 2. The van der Waals surface area contributed by atoms with Crippen LogP contribution in [-0.2, 0) is 6.54 Å². The van der Waals surface area contributed by atoms with Gasteiger partial charge < -0.3 is 15.2 Å². The largest absolute Gasteiger partial charge is 0.323 e. The molecule has 0 aliphatic rings. The Morgan fingerprint density at radius 3 is 2.47 bits per heavy atom. The quantitative estimate of drug-likeness (QED) is 0.364. The zero-order chi connectivity index (χ0) is 21.3. The van der Waals surface area contributed by atoms with E-state index in [1.165, 1.54) is 0 Å². The maximum Gasteiger partial charge on any atom is 0.323 e. The molecule has 0 spiro atoms. The molecule has 0 unspecified atom stereocenters. The third-order valence-corrected chi connectivity index (χ3v) is 5.58. The summed E-state index contributed by atoms with van der Waals surface area (Å²) in [5.74, 6) is 0.859. The van der Waals surface area contributed by atoms with Crippen LogP contribution >= 0.6 is 27.5 Å². The molecule has 2 aromatic carbocycles. The van der Waals surface area contributed by atoms with Gasteiger partial charge in [-0.2, -0.15) is 0 Å². The molecule has 4 rings (SSSR count). The number of pyridine rings is 1. The Labute approximate surface area is 187 Å². The lowest BCUT2D eigenvalue weighted by Gasteiger charge is -2.11. The van der Waals surface area contributed by atoms with Crippen LogP contribution < -0.4 is 10.6 Å². The molecule has 2 N–H and O–H groups in total. The first-order valence-corrected chi connectivity index (χ1v) is 10.5. The first kappa shape index (κ1) is 20.4. The van der Waals surface area contributed by atoms with Gasteiger partial charge in [0.2, 0.25) is 0 Å². The molecular weight excluding hydrogens is 466 g/mol. The number of anilines is 2. The van der Waals surface area contributed by atoms with Crippen LogP contribution in [0.3, 0.4) is 0 Å². The lowest BCUT2D eigenvalue weighted by molar-refractivity contribution is 0.262. The van der Waals surface area contributed by atoms with Crippen molar-refractivity contribution in [1.29, 1.82) is 0 Å². The summed E-state index contributed by atoms with van der Waals surface area (Å²) < 4.78 is 3.11. The molecule has 30 heavy (non-hydrogen) atoms. The topological polar surface area (TPSA) is 71.8 Å². The number of fused-ring (bicyclic) bond motifs is 1. The van der Waals surface area contributed by atoms with Crippen LogP contribution in [0.4, 0.5) is 16.2 Å². The Hall–Kier alpha value is -2.90. The van der Waals surface area contributed by atoms with E-state index in [0.717, 1.165) is 27.0 Å². The van der Waals surface area contributed by atoms with E-state index in [1.807, 2.05) is 32.0 Å². The number of urea groups is 1. The van der Waals surface area contributed by atoms with Gasteiger partial charge in [-0.05, 0) is 49.7 Å². The lowest BCUT2D eigenvalue weighted by Crippen LogP contribution is -2.20. The van der Waals surface area contributed by atoms with E-state index < -0.39 is 6.03 Å². The summed E-state index contributed by atoms with van der Waals surface area (Å²) in [4.78, 5) is 21.8. The summed E-state index contributed by atoms with van der Waals surface area (Å²) in [6.45, 7) is 4.48. The lowest BCUT2D eigenvalue weighted by atomic mass is 10.2. The van der Waals surface area contributed by atoms with Gasteiger partial charge in [-0.25, -0.2) is 14.8 Å². The number of benzene rings is 2. The minimum absolute atomic E-state index is 0.390. The number of nitrogens with zero attached hydrogens (tertiary/aromatic N) is 3. The van der Waals surface area contributed by atoms with Crippen molar-refractivity contribution in [3.63, 3.8) is 0 Å². The number of nitrogens with one attached hydrogen (secondary N) is 2. The number of carbonyl (C=O) groups excluding carboxylic acids is 1. The molecule has 8 heteroatoms. The number of carbonyl (C=O) groups is 1. The van der Waals surface area contributed by atoms with Gasteiger partial charge in [-0.15, -0.1) is 0 Å². The van der Waals surface area contributed by atoms with Crippen LogP contribution in [0.5, 0.6) is 0 Å². The highest BCUT2D eigenvalue weighted by Crippen LogP contribution is 2.24. The minimum Gasteiger partial charge on any atom is -0.308 e. The highest BCUT2D eigenvalue weighted by molar-refractivity contribution is 9.10. The average Bonchev–Trinajstić information content (AvgIpc) is 3.00. The molecule has 0 bridgehead atoms. The number of imidazole rings is 1. The Morgan fingerprint density at radius 1 is 1.03 bits per heavy atom. The molecule has 4 aromatic rings. The van der Waals surface area contributed by atoms with E-state index in [4.69, 9.17) is 16.6 Å². The van der Waals surface area contributed by atoms with Gasteiger partial charge in [0.25, 0.3) is 0 Å². The van der Waals surface area contributed by atoms with Gasteiger partial charge in [-0.1, -0.05) is 51.8 Å². The number of hydrogen-bond donors (Lipinski definition) is 2. The van der Waals surface area contributed by atoms with Gasteiger partial charge in [-0.3, -0.25) is 0 Å². The van der Waals surface area contributed by atoms with Crippen molar-refractivity contribution in [3.8, 4) is 0 Å². The van der Waals surface area contributed by atoms with Crippen molar-refractivity contribution in [1.82, 2.24) is 14.5 Å². The number of rotatable bonds is 4. The van der Waals surface area contributed by atoms with Crippen molar-refractivity contribution in [2.45, 2.75) is 20.4 Å². The second-order valence-corrected chi connectivity index (χ2v) is 8.22. The molecule has 2 aromatic heterocycles. The van der Waals surface area contributed by atoms with E-state index >= 15 is 0 Å². The molecular formula is C22H19BrClN5O. The van der Waals surface area contributed by atoms with E-state index in [9.17, 15) is 4.79 Å². The Balaban J connectivity index is 1.59. The molecule has 152 valence electrons. The second-order valence-electron chi connectivity index (χ2n) is 6.89. The minimum atomic E-state index is -0.390. The average molecular weight is 485 g/mol. The molecule has 6 nitrogen and oxygen atoms in total. The summed E-state index contributed by atoms with van der Waals surface area (Å²) in [7, 11) is 0. The predicted octanol–water partition coefficient (Wildman–Crippen LogP) is 6.16. The van der Waals surface area contributed by atoms with Crippen LogP contribution in [0.25, 0.3) is 11.2 Å². The Kier molecular flexibility index (Phi) is 5.74. The van der Waals surface area contributed by atoms with Gasteiger partial charge in [0.05, 0.1) is 28.6 Å². The zero-order valence-corrected chi connectivity index (χ0v) is 18.8. The van der Waals surface area contributed by atoms with E-state index in [0.29, 0.717) is 28.6 Å². The fourth-order valence-electron chi connectivity index (χ4n) is 3.18. The molecule has 0 atom stereocenters. The number of para-hydroxylation sites is 1. The number of aromatic nitrogens is 3. The first-order chi connectivity index (χ1) is 14.4. The molecule has 2 amide bonds. The second kappa shape index (κ2) is 8.45. The highest BCUT2D eigenvalue weighted by atomic mass is 79.9. The van der Waals surface area contributed by atoms with Crippen molar-refractivity contribution >= 4 is 56.1 Å². The normalized spacial score (nSPS) is 10.9. The molecule has 0 saturated carbocycles. The van der Waals surface area contributed by atoms with Crippen molar-refractivity contribution in [2.24, 2.45) is 0 Å². The summed E-state index contributed by atoms with van der Waals surface area (Å²) in [5.41, 5.74) is 4.50. The molecule has 0 saturated heterocycles. The molecule has 0 aliphatic carbocycles. The molecule has 0 aliphatic heterocycles. The van der Waals surface area contributed by atoms with Crippen molar-refractivity contribution in [3.05, 3.63) is 81.2 Å². The maximum absolute atomic E-state index is 12.4. The third kappa shape index (κ3) is 4.32. The van der Waals surface area contributed by atoms with Gasteiger partial charge in [0.15, 0.2) is 5.65 Å². The van der Waals surface area contributed by atoms with Crippen LogP contribution in [0.1, 0.15) is 17.1 Å². The van der Waals surface area contributed by atoms with Crippen LogP contribution in [0.15, 0.2) is 59.1 Å². The highest BCUT2D eigenvalue weighted by Gasteiger charge is 2.14. The fourth-order valence-corrected chi connectivity index (χ4v) is 3.62. The Morgan fingerprint density at radius 2 is 1.73 bits per heavy atom. The van der Waals surface area contributed by atoms with E-state index in [2.05, 4.69) is 48.2 Å². The summed E-state index contributed by atoms with van der Waals surface area (Å²) in [5, 5.41) is 6.06. The monoisotopic (exact) mass is 483 g/mol. The van der Waals surface area contributed by atoms with Crippen LogP contribution in [-0.4, -0.2) is 20.6 Å². The summed E-state index contributed by atoms with van der Waals surface area (Å²) >= 11 is 9.57. The fraction of sp³-hybridized carbons (Fsp3) is 0.136.